The van der Waals surface area contributed by atoms with Gasteiger partial charge in [0.25, 0.3) is 5.91 Å². The maximum absolute atomic E-state index is 13.3. The molecule has 0 aliphatic carbocycles. The third-order valence-corrected chi connectivity index (χ3v) is 6.12. The van der Waals surface area contributed by atoms with Crippen LogP contribution in [0.2, 0.25) is 0 Å². The van der Waals surface area contributed by atoms with Gasteiger partial charge >= 0.3 is 0 Å². The Balaban J connectivity index is 1.66. The highest BCUT2D eigenvalue weighted by atomic mass is 32.1. The molecule has 7 heteroatoms. The molecule has 4 rings (SSSR count). The van der Waals surface area contributed by atoms with Crippen LogP contribution >= 0.6 is 11.3 Å². The van der Waals surface area contributed by atoms with Crippen LogP contribution in [-0.4, -0.2) is 51.2 Å². The normalized spacial score (nSPS) is 17.1. The second kappa shape index (κ2) is 8.53. The summed E-state index contributed by atoms with van der Waals surface area (Å²) in [5, 5.41) is 2.91. The van der Waals surface area contributed by atoms with E-state index < -0.39 is 0 Å². The third-order valence-electron chi connectivity index (χ3n) is 5.17. The first kappa shape index (κ1) is 19.3. The number of hydrogen-bond donors (Lipinski definition) is 0. The summed E-state index contributed by atoms with van der Waals surface area (Å²) in [7, 11) is 0. The van der Waals surface area contributed by atoms with E-state index in [1.54, 1.807) is 30.7 Å². The maximum atomic E-state index is 13.3. The van der Waals surface area contributed by atoms with Crippen molar-refractivity contribution in [3.8, 4) is 11.3 Å². The Morgan fingerprint density at radius 1 is 1.03 bits per heavy atom. The second-order valence-corrected chi connectivity index (χ2v) is 7.87. The summed E-state index contributed by atoms with van der Waals surface area (Å²) >= 11 is 1.56. The Labute approximate surface area is 173 Å². The standard InChI is InChI=1S/C22H22N4O2S/c1-16(27)25-12-9-20(21-24-19(15-29-21)17-7-10-23-11-8-17)26(14-13-25)22(28)18-5-3-2-4-6-18/h2-8,10-11,15,20H,9,12-14H2,1H3. The van der Waals surface area contributed by atoms with E-state index in [9.17, 15) is 9.59 Å². The minimum absolute atomic E-state index is 0.0262. The lowest BCUT2D eigenvalue weighted by molar-refractivity contribution is -0.128. The van der Waals surface area contributed by atoms with E-state index in [0.717, 1.165) is 16.3 Å². The van der Waals surface area contributed by atoms with E-state index in [-0.39, 0.29) is 17.9 Å². The van der Waals surface area contributed by atoms with Gasteiger partial charge < -0.3 is 9.80 Å². The number of aromatic nitrogens is 2. The zero-order valence-electron chi connectivity index (χ0n) is 16.2. The van der Waals surface area contributed by atoms with Crippen LogP contribution in [0.4, 0.5) is 0 Å². The molecule has 3 heterocycles. The van der Waals surface area contributed by atoms with Gasteiger partial charge in [-0.2, -0.15) is 0 Å². The summed E-state index contributed by atoms with van der Waals surface area (Å²) < 4.78 is 0. The van der Waals surface area contributed by atoms with Gasteiger partial charge in [0.2, 0.25) is 5.91 Å². The molecule has 0 bridgehead atoms. The molecule has 0 spiro atoms. The topological polar surface area (TPSA) is 66.4 Å². The molecule has 1 saturated heterocycles. The smallest absolute Gasteiger partial charge is 0.254 e. The fourth-order valence-corrected chi connectivity index (χ4v) is 4.56. The van der Waals surface area contributed by atoms with Gasteiger partial charge in [-0.05, 0) is 30.7 Å². The van der Waals surface area contributed by atoms with Crippen LogP contribution in [0.1, 0.15) is 34.8 Å². The fraction of sp³-hybridized carbons (Fsp3) is 0.273. The predicted octanol–water partition coefficient (Wildman–Crippen LogP) is 3.64. The van der Waals surface area contributed by atoms with Gasteiger partial charge in [0.1, 0.15) is 5.01 Å². The Hall–Kier alpha value is -3.06. The van der Waals surface area contributed by atoms with Crippen molar-refractivity contribution in [1.82, 2.24) is 19.8 Å². The van der Waals surface area contributed by atoms with Crippen LogP contribution < -0.4 is 0 Å². The van der Waals surface area contributed by atoms with E-state index >= 15 is 0 Å². The summed E-state index contributed by atoms with van der Waals surface area (Å²) in [5.41, 5.74) is 2.54. The number of amides is 2. The van der Waals surface area contributed by atoms with Crippen molar-refractivity contribution in [2.75, 3.05) is 19.6 Å². The summed E-state index contributed by atoms with van der Waals surface area (Å²) in [4.78, 5) is 37.8. The Kier molecular flexibility index (Phi) is 5.67. The van der Waals surface area contributed by atoms with Crippen molar-refractivity contribution >= 4 is 23.2 Å². The quantitative estimate of drug-likeness (QED) is 0.666. The van der Waals surface area contributed by atoms with Gasteiger partial charge in [0.15, 0.2) is 0 Å². The molecule has 0 saturated carbocycles. The summed E-state index contributed by atoms with van der Waals surface area (Å²) in [6.07, 6.45) is 4.16. The lowest BCUT2D eigenvalue weighted by Gasteiger charge is -2.28. The summed E-state index contributed by atoms with van der Waals surface area (Å²) in [6.45, 7) is 3.21. The Morgan fingerprint density at radius 2 is 1.79 bits per heavy atom. The maximum Gasteiger partial charge on any atom is 0.254 e. The van der Waals surface area contributed by atoms with E-state index in [2.05, 4.69) is 4.98 Å². The highest BCUT2D eigenvalue weighted by Gasteiger charge is 2.32. The SMILES string of the molecule is CC(=O)N1CCC(c2nc(-c3ccncc3)cs2)N(C(=O)c2ccccc2)CC1. The molecule has 1 aliphatic rings. The molecule has 2 amide bonds. The van der Waals surface area contributed by atoms with Gasteiger partial charge in [0.05, 0.1) is 11.7 Å². The van der Waals surface area contributed by atoms with Crippen LogP contribution in [0, 0.1) is 0 Å². The molecule has 6 nitrogen and oxygen atoms in total. The minimum Gasteiger partial charge on any atom is -0.341 e. The monoisotopic (exact) mass is 406 g/mol. The number of benzene rings is 1. The number of carbonyl (C=O) groups is 2. The van der Waals surface area contributed by atoms with Crippen LogP contribution in [0.25, 0.3) is 11.3 Å². The Bertz CT molecular complexity index is 990. The first-order valence-electron chi connectivity index (χ1n) is 9.61. The molecule has 0 N–H and O–H groups in total. The summed E-state index contributed by atoms with van der Waals surface area (Å²) in [5.74, 6) is 0.0102. The van der Waals surface area contributed by atoms with Crippen LogP contribution in [0.5, 0.6) is 0 Å². The number of nitrogens with zero attached hydrogens (tertiary/aromatic N) is 4. The van der Waals surface area contributed by atoms with Gasteiger partial charge in [-0.1, -0.05) is 18.2 Å². The summed E-state index contributed by atoms with van der Waals surface area (Å²) in [6, 6.07) is 13.0. The zero-order valence-corrected chi connectivity index (χ0v) is 17.0. The van der Waals surface area contributed by atoms with E-state index in [1.165, 1.54) is 0 Å². The zero-order chi connectivity index (χ0) is 20.2. The van der Waals surface area contributed by atoms with Gasteiger partial charge in [-0.3, -0.25) is 14.6 Å². The van der Waals surface area contributed by atoms with Crippen molar-refractivity contribution in [2.45, 2.75) is 19.4 Å². The molecular weight excluding hydrogens is 384 g/mol. The number of thiazole rings is 1. The molecule has 2 aromatic heterocycles. The molecule has 1 aromatic carbocycles. The van der Waals surface area contributed by atoms with E-state index in [1.807, 2.05) is 57.6 Å². The molecular formula is C22H22N4O2S. The van der Waals surface area contributed by atoms with Crippen molar-refractivity contribution < 1.29 is 9.59 Å². The van der Waals surface area contributed by atoms with Gasteiger partial charge in [0, 0.05) is 55.5 Å². The molecule has 1 fully saturated rings. The highest BCUT2D eigenvalue weighted by Crippen LogP contribution is 2.33. The third kappa shape index (κ3) is 4.19. The van der Waals surface area contributed by atoms with E-state index in [4.69, 9.17) is 4.98 Å². The van der Waals surface area contributed by atoms with Gasteiger partial charge in [-0.15, -0.1) is 11.3 Å². The molecule has 148 valence electrons. The lowest BCUT2D eigenvalue weighted by Crippen LogP contribution is -2.37. The number of pyridine rings is 1. The molecule has 29 heavy (non-hydrogen) atoms. The van der Waals surface area contributed by atoms with Crippen LogP contribution in [0.15, 0.2) is 60.2 Å². The fourth-order valence-electron chi connectivity index (χ4n) is 3.59. The number of rotatable bonds is 3. The van der Waals surface area contributed by atoms with Crippen molar-refractivity contribution in [3.63, 3.8) is 0 Å². The molecule has 1 aliphatic heterocycles. The van der Waals surface area contributed by atoms with Crippen molar-refractivity contribution in [2.24, 2.45) is 0 Å². The van der Waals surface area contributed by atoms with Crippen LogP contribution in [0.3, 0.4) is 0 Å². The molecule has 0 radical (unpaired) electrons. The highest BCUT2D eigenvalue weighted by molar-refractivity contribution is 7.10. The Morgan fingerprint density at radius 3 is 2.52 bits per heavy atom. The molecule has 1 unspecified atom stereocenters. The lowest BCUT2D eigenvalue weighted by atomic mass is 10.1. The number of hydrogen-bond acceptors (Lipinski definition) is 5. The average molecular weight is 407 g/mol. The predicted molar refractivity (Wildman–Crippen MR) is 112 cm³/mol. The van der Waals surface area contributed by atoms with E-state index in [0.29, 0.717) is 31.6 Å². The first-order valence-corrected chi connectivity index (χ1v) is 10.5. The largest absolute Gasteiger partial charge is 0.341 e. The first-order chi connectivity index (χ1) is 14.1. The van der Waals surface area contributed by atoms with Crippen LogP contribution in [-0.2, 0) is 4.79 Å². The second-order valence-electron chi connectivity index (χ2n) is 6.98. The molecule has 3 aromatic rings. The average Bonchev–Trinajstić information content (AvgIpc) is 3.14. The molecule has 1 atom stereocenters. The van der Waals surface area contributed by atoms with Crippen molar-refractivity contribution in [3.05, 3.63) is 70.8 Å². The van der Waals surface area contributed by atoms with Gasteiger partial charge in [-0.25, -0.2) is 4.98 Å². The van der Waals surface area contributed by atoms with Crippen molar-refractivity contribution in [1.29, 1.82) is 0 Å². The minimum atomic E-state index is -0.160. The number of carbonyl (C=O) groups excluding carboxylic acids is 2.